The molecule has 4 heteroatoms. The third-order valence-corrected chi connectivity index (χ3v) is 3.48. The summed E-state index contributed by atoms with van der Waals surface area (Å²) in [4.78, 5) is 4.17. The van der Waals surface area contributed by atoms with Crippen molar-refractivity contribution < 1.29 is 0 Å². The molecule has 1 saturated carbocycles. The molecule has 0 bridgehead atoms. The van der Waals surface area contributed by atoms with E-state index in [1.165, 1.54) is 17.8 Å². The number of rotatable bonds is 1. The summed E-state index contributed by atoms with van der Waals surface area (Å²) >= 11 is 7.25. The molecule has 0 aliphatic heterocycles. The van der Waals surface area contributed by atoms with E-state index in [2.05, 4.69) is 4.98 Å². The molecule has 1 fully saturated rings. The van der Waals surface area contributed by atoms with Gasteiger partial charge in [0.1, 0.15) is 9.34 Å². The quantitative estimate of drug-likeness (QED) is 0.734. The van der Waals surface area contributed by atoms with Crippen molar-refractivity contribution in [2.45, 2.75) is 24.8 Å². The predicted molar refractivity (Wildman–Crippen MR) is 46.8 cm³/mol. The fraction of sp³-hybridized carbons (Fsp3) is 0.571. The van der Waals surface area contributed by atoms with Gasteiger partial charge in [-0.2, -0.15) is 0 Å². The molecule has 0 amide bonds. The minimum absolute atomic E-state index is 0.141. The first-order chi connectivity index (χ1) is 5.21. The van der Waals surface area contributed by atoms with Gasteiger partial charge < -0.3 is 5.73 Å². The number of halogens is 1. The lowest BCUT2D eigenvalue weighted by molar-refractivity contribution is 0.253. The van der Waals surface area contributed by atoms with Crippen molar-refractivity contribution in [3.8, 4) is 0 Å². The molecular weight excluding hydrogens is 180 g/mol. The largest absolute Gasteiger partial charge is 0.319 e. The average molecular weight is 189 g/mol. The molecule has 1 aromatic heterocycles. The second kappa shape index (κ2) is 2.44. The van der Waals surface area contributed by atoms with Crippen LogP contribution in [0.1, 0.15) is 24.3 Å². The van der Waals surface area contributed by atoms with Gasteiger partial charge >= 0.3 is 0 Å². The highest BCUT2D eigenvalue weighted by Gasteiger charge is 2.36. The van der Waals surface area contributed by atoms with Crippen LogP contribution in [0.15, 0.2) is 6.20 Å². The predicted octanol–water partition coefficient (Wildman–Crippen LogP) is 2.13. The maximum Gasteiger partial charge on any atom is 0.114 e. The smallest absolute Gasteiger partial charge is 0.114 e. The fourth-order valence-electron chi connectivity index (χ4n) is 1.26. The summed E-state index contributed by atoms with van der Waals surface area (Å²) < 4.78 is 0.733. The molecule has 2 rings (SSSR count). The molecule has 0 atom stereocenters. The van der Waals surface area contributed by atoms with Crippen molar-refractivity contribution in [1.29, 1.82) is 0 Å². The van der Waals surface area contributed by atoms with E-state index in [-0.39, 0.29) is 5.54 Å². The van der Waals surface area contributed by atoms with Gasteiger partial charge in [0.05, 0.1) is 11.7 Å². The van der Waals surface area contributed by atoms with Crippen LogP contribution < -0.4 is 5.73 Å². The second-order valence-electron chi connectivity index (χ2n) is 2.98. The van der Waals surface area contributed by atoms with Crippen LogP contribution in [0.2, 0.25) is 4.34 Å². The Morgan fingerprint density at radius 3 is 2.73 bits per heavy atom. The molecule has 2 N–H and O–H groups in total. The van der Waals surface area contributed by atoms with Crippen LogP contribution in [-0.4, -0.2) is 4.98 Å². The summed E-state index contributed by atoms with van der Waals surface area (Å²) in [7, 11) is 0. The summed E-state index contributed by atoms with van der Waals surface area (Å²) in [5, 5.41) is 0.994. The second-order valence-corrected chi connectivity index (χ2v) is 4.64. The molecule has 1 aromatic rings. The van der Waals surface area contributed by atoms with E-state index in [1.807, 2.05) is 0 Å². The maximum atomic E-state index is 6.03. The highest BCUT2D eigenvalue weighted by Crippen LogP contribution is 2.40. The van der Waals surface area contributed by atoms with E-state index in [0.717, 1.165) is 22.2 Å². The van der Waals surface area contributed by atoms with Gasteiger partial charge in [-0.25, -0.2) is 4.98 Å². The normalized spacial score (nSPS) is 21.3. The Balaban J connectivity index is 2.28. The molecule has 0 spiro atoms. The fourth-order valence-corrected chi connectivity index (χ4v) is 2.33. The standard InChI is InChI=1S/C7H9ClN2S/c8-5-4-10-6(11-5)7(9)2-1-3-7/h4H,1-3,9H2. The van der Waals surface area contributed by atoms with Crippen LogP contribution in [0, 0.1) is 0 Å². The molecule has 1 heterocycles. The molecular formula is C7H9ClN2S. The Hall–Kier alpha value is -0.120. The Kier molecular flexibility index (Phi) is 1.67. The van der Waals surface area contributed by atoms with Gasteiger partial charge in [0, 0.05) is 0 Å². The topological polar surface area (TPSA) is 38.9 Å². The molecule has 1 aliphatic rings. The number of hydrogen-bond acceptors (Lipinski definition) is 3. The van der Waals surface area contributed by atoms with Crippen LogP contribution in [0.4, 0.5) is 0 Å². The van der Waals surface area contributed by atoms with E-state index in [4.69, 9.17) is 17.3 Å². The Morgan fingerprint density at radius 2 is 2.36 bits per heavy atom. The van der Waals surface area contributed by atoms with E-state index in [1.54, 1.807) is 6.20 Å². The maximum absolute atomic E-state index is 6.03. The highest BCUT2D eigenvalue weighted by molar-refractivity contribution is 7.15. The molecule has 2 nitrogen and oxygen atoms in total. The van der Waals surface area contributed by atoms with Crippen molar-refractivity contribution in [1.82, 2.24) is 4.98 Å². The average Bonchev–Trinajstić information content (AvgIpc) is 2.31. The van der Waals surface area contributed by atoms with E-state index in [0.29, 0.717) is 0 Å². The van der Waals surface area contributed by atoms with Crippen molar-refractivity contribution in [3.05, 3.63) is 15.5 Å². The van der Waals surface area contributed by atoms with Crippen molar-refractivity contribution in [2.24, 2.45) is 5.73 Å². The van der Waals surface area contributed by atoms with Crippen molar-refractivity contribution in [3.63, 3.8) is 0 Å². The number of aromatic nitrogens is 1. The van der Waals surface area contributed by atoms with E-state index >= 15 is 0 Å². The molecule has 0 saturated heterocycles. The number of nitrogens with zero attached hydrogens (tertiary/aromatic N) is 1. The van der Waals surface area contributed by atoms with Gasteiger partial charge in [-0.1, -0.05) is 11.6 Å². The molecule has 0 radical (unpaired) electrons. The monoisotopic (exact) mass is 188 g/mol. The molecule has 60 valence electrons. The van der Waals surface area contributed by atoms with Gasteiger partial charge in [0.2, 0.25) is 0 Å². The highest BCUT2D eigenvalue weighted by atomic mass is 35.5. The van der Waals surface area contributed by atoms with Gasteiger partial charge in [0.15, 0.2) is 0 Å². The summed E-state index contributed by atoms with van der Waals surface area (Å²) in [6, 6.07) is 0. The third kappa shape index (κ3) is 1.17. The van der Waals surface area contributed by atoms with Crippen LogP contribution in [0.25, 0.3) is 0 Å². The van der Waals surface area contributed by atoms with Crippen LogP contribution in [-0.2, 0) is 5.54 Å². The van der Waals surface area contributed by atoms with E-state index < -0.39 is 0 Å². The van der Waals surface area contributed by atoms with Crippen LogP contribution in [0.3, 0.4) is 0 Å². The van der Waals surface area contributed by atoms with Gasteiger partial charge in [-0.15, -0.1) is 11.3 Å². The van der Waals surface area contributed by atoms with Crippen LogP contribution >= 0.6 is 22.9 Å². The molecule has 0 aromatic carbocycles. The van der Waals surface area contributed by atoms with Crippen molar-refractivity contribution in [2.75, 3.05) is 0 Å². The summed E-state index contributed by atoms with van der Waals surface area (Å²) in [5.41, 5.74) is 5.89. The van der Waals surface area contributed by atoms with E-state index in [9.17, 15) is 0 Å². The lowest BCUT2D eigenvalue weighted by Gasteiger charge is -2.35. The Labute approximate surface area is 74.4 Å². The lowest BCUT2D eigenvalue weighted by atomic mass is 9.78. The number of hydrogen-bond donors (Lipinski definition) is 1. The summed E-state index contributed by atoms with van der Waals surface area (Å²) in [6.45, 7) is 0. The minimum Gasteiger partial charge on any atom is -0.319 e. The Morgan fingerprint density at radius 1 is 1.64 bits per heavy atom. The SMILES string of the molecule is NC1(c2ncc(Cl)s2)CCC1. The first kappa shape index (κ1) is 7.53. The zero-order valence-electron chi connectivity index (χ0n) is 6.01. The lowest BCUT2D eigenvalue weighted by Crippen LogP contribution is -2.43. The summed E-state index contributed by atoms with van der Waals surface area (Å²) in [5.74, 6) is 0. The first-order valence-electron chi connectivity index (χ1n) is 3.61. The molecule has 11 heavy (non-hydrogen) atoms. The molecule has 0 unspecified atom stereocenters. The minimum atomic E-state index is -0.141. The van der Waals surface area contributed by atoms with Crippen molar-refractivity contribution >= 4 is 22.9 Å². The molecule has 1 aliphatic carbocycles. The van der Waals surface area contributed by atoms with Crippen LogP contribution in [0.5, 0.6) is 0 Å². The zero-order valence-corrected chi connectivity index (χ0v) is 7.58. The van der Waals surface area contributed by atoms with Gasteiger partial charge in [-0.05, 0) is 19.3 Å². The zero-order chi connectivity index (χ0) is 7.90. The Bertz CT molecular complexity index is 267. The number of nitrogens with two attached hydrogens (primary N) is 1. The summed E-state index contributed by atoms with van der Waals surface area (Å²) in [6.07, 6.45) is 5.00. The van der Waals surface area contributed by atoms with Gasteiger partial charge in [-0.3, -0.25) is 0 Å². The van der Waals surface area contributed by atoms with Gasteiger partial charge in [0.25, 0.3) is 0 Å². The third-order valence-electron chi connectivity index (χ3n) is 2.15. The first-order valence-corrected chi connectivity index (χ1v) is 4.81. The number of thiazole rings is 1.